The first-order chi connectivity index (χ1) is 17.3. The van der Waals surface area contributed by atoms with Crippen LogP contribution in [0.25, 0.3) is 10.9 Å². The molecule has 1 amide bonds. The Bertz CT molecular complexity index is 1320. The van der Waals surface area contributed by atoms with E-state index in [1.165, 1.54) is 22.4 Å². The fourth-order valence-corrected chi connectivity index (χ4v) is 7.21. The molecule has 0 N–H and O–H groups in total. The highest BCUT2D eigenvalue weighted by Crippen LogP contribution is 2.55. The number of alkyl halides is 5. The summed E-state index contributed by atoms with van der Waals surface area (Å²) in [6.07, 6.45) is -4.31. The summed E-state index contributed by atoms with van der Waals surface area (Å²) in [6.45, 7) is 7.97. The average molecular weight is 543 g/mol. The zero-order valence-electron chi connectivity index (χ0n) is 20.4. The lowest BCUT2D eigenvalue weighted by atomic mass is 9.74. The van der Waals surface area contributed by atoms with Crippen LogP contribution in [0.15, 0.2) is 28.4 Å². The number of halogens is 5. The molecule has 0 spiro atoms. The van der Waals surface area contributed by atoms with E-state index >= 15 is 0 Å². The summed E-state index contributed by atoms with van der Waals surface area (Å²) in [7, 11) is 0. The number of thioether (sulfide) groups is 1. The summed E-state index contributed by atoms with van der Waals surface area (Å²) in [5.41, 5.74) is -1.33. The van der Waals surface area contributed by atoms with Crippen molar-refractivity contribution in [3.05, 3.63) is 40.3 Å². The van der Waals surface area contributed by atoms with E-state index in [0.717, 1.165) is 6.07 Å². The van der Waals surface area contributed by atoms with Crippen molar-refractivity contribution >= 4 is 34.4 Å². The highest BCUT2D eigenvalue weighted by molar-refractivity contribution is 7.99. The Labute approximate surface area is 214 Å². The van der Waals surface area contributed by atoms with Crippen LogP contribution in [0.1, 0.15) is 50.2 Å². The van der Waals surface area contributed by atoms with Crippen LogP contribution in [0.4, 0.5) is 27.8 Å². The molecular formula is C25H27F5N4O2S. The second-order valence-corrected chi connectivity index (χ2v) is 11.3. The van der Waals surface area contributed by atoms with Gasteiger partial charge >= 0.3 is 11.9 Å². The second kappa shape index (κ2) is 8.99. The van der Waals surface area contributed by atoms with Gasteiger partial charge in [-0.2, -0.15) is 18.2 Å². The number of hydrogen-bond acceptors (Lipinski definition) is 5. The monoisotopic (exact) mass is 542 g/mol. The lowest BCUT2D eigenvalue weighted by molar-refractivity contribution is -0.141. The molecule has 1 aromatic carbocycles. The van der Waals surface area contributed by atoms with E-state index in [1.54, 1.807) is 9.80 Å². The van der Waals surface area contributed by atoms with Crippen molar-refractivity contribution < 1.29 is 26.7 Å². The predicted molar refractivity (Wildman–Crippen MR) is 131 cm³/mol. The topological polar surface area (TPSA) is 58.4 Å². The van der Waals surface area contributed by atoms with Gasteiger partial charge in [0.25, 0.3) is 0 Å². The Morgan fingerprint density at radius 2 is 1.86 bits per heavy atom. The van der Waals surface area contributed by atoms with Gasteiger partial charge in [0.1, 0.15) is 5.82 Å². The molecule has 2 fully saturated rings. The van der Waals surface area contributed by atoms with Crippen LogP contribution in [-0.4, -0.2) is 57.2 Å². The minimum Gasteiger partial charge on any atom is -0.352 e. The van der Waals surface area contributed by atoms with Crippen molar-refractivity contribution in [3.8, 4) is 0 Å². The van der Waals surface area contributed by atoms with Gasteiger partial charge in [-0.15, -0.1) is 11.8 Å². The molecule has 5 rings (SSSR count). The maximum Gasteiger partial charge on any atom is 0.416 e. The molecular weight excluding hydrogens is 515 g/mol. The Hall–Kier alpha value is -2.63. The normalized spacial score (nSPS) is 24.1. The third-order valence-electron chi connectivity index (χ3n) is 7.46. The molecule has 3 heterocycles. The lowest BCUT2D eigenvalue weighted by Gasteiger charge is -2.45. The van der Waals surface area contributed by atoms with E-state index in [-0.39, 0.29) is 59.3 Å². The summed E-state index contributed by atoms with van der Waals surface area (Å²) >= 11 is 1.19. The molecule has 1 saturated carbocycles. The van der Waals surface area contributed by atoms with Gasteiger partial charge in [0, 0.05) is 54.8 Å². The van der Waals surface area contributed by atoms with Crippen LogP contribution in [0.2, 0.25) is 0 Å². The molecule has 1 aliphatic carbocycles. The molecule has 2 aromatic rings. The standard InChI is InChI=1S/C25H27F5N4O2S/c1-4-18(35)34-13(2)11-32(12-14(34)3)22-16-8-17(25(28,29)30)19(15-9-24(26,27)10-15)21-20(16)33(23(36)31-22)6-5-7-37-21/h4,8,13-15H,1,5-7,9-12H2,2-3H3. The van der Waals surface area contributed by atoms with E-state index in [9.17, 15) is 31.5 Å². The Kier molecular flexibility index (Phi) is 6.32. The maximum atomic E-state index is 14.4. The van der Waals surface area contributed by atoms with Crippen LogP contribution in [-0.2, 0) is 17.5 Å². The number of nitrogens with zero attached hydrogens (tertiary/aromatic N) is 4. The van der Waals surface area contributed by atoms with E-state index in [2.05, 4.69) is 11.6 Å². The van der Waals surface area contributed by atoms with Crippen molar-refractivity contribution in [1.82, 2.24) is 14.5 Å². The number of aromatic nitrogens is 2. The zero-order valence-corrected chi connectivity index (χ0v) is 21.3. The lowest BCUT2D eigenvalue weighted by Crippen LogP contribution is -2.58. The van der Waals surface area contributed by atoms with Crippen LogP contribution >= 0.6 is 11.8 Å². The minimum atomic E-state index is -4.77. The highest BCUT2D eigenvalue weighted by atomic mass is 32.2. The SMILES string of the molecule is C=CC(=O)N1C(C)CN(c2nc(=O)n3c4c(c(C5CC(F)(F)C5)c(C(F)(F)F)cc24)SCCC3)CC1C. The number of aryl methyl sites for hydroxylation is 1. The summed E-state index contributed by atoms with van der Waals surface area (Å²) in [6, 6.07) is 0.374. The van der Waals surface area contributed by atoms with Gasteiger partial charge in [-0.25, -0.2) is 13.6 Å². The van der Waals surface area contributed by atoms with E-state index in [1.807, 2.05) is 13.8 Å². The Morgan fingerprint density at radius 1 is 1.22 bits per heavy atom. The Morgan fingerprint density at radius 3 is 2.43 bits per heavy atom. The number of piperazine rings is 1. The van der Waals surface area contributed by atoms with Crippen molar-refractivity contribution in [2.24, 2.45) is 0 Å². The summed E-state index contributed by atoms with van der Waals surface area (Å²) in [5, 5.41) is 0.175. The molecule has 2 unspecified atom stereocenters. The molecule has 3 aliphatic rings. The molecule has 2 aliphatic heterocycles. The number of rotatable bonds is 3. The second-order valence-electron chi connectivity index (χ2n) is 10.1. The average Bonchev–Trinajstić information content (AvgIpc) is 3.02. The highest BCUT2D eigenvalue weighted by Gasteiger charge is 2.50. The first kappa shape index (κ1) is 26.0. The van der Waals surface area contributed by atoms with Crippen LogP contribution in [0.3, 0.4) is 0 Å². The van der Waals surface area contributed by atoms with Crippen molar-refractivity contribution in [1.29, 1.82) is 0 Å². The summed E-state index contributed by atoms with van der Waals surface area (Å²) < 4.78 is 72.3. The third-order valence-corrected chi connectivity index (χ3v) is 8.66. The molecule has 2 atom stereocenters. The van der Waals surface area contributed by atoms with Crippen LogP contribution in [0, 0.1) is 0 Å². The fourth-order valence-electron chi connectivity index (χ4n) is 5.94. The van der Waals surface area contributed by atoms with Crippen LogP contribution in [0.5, 0.6) is 0 Å². The third kappa shape index (κ3) is 4.40. The van der Waals surface area contributed by atoms with Gasteiger partial charge in [0.2, 0.25) is 11.8 Å². The number of hydrogen-bond donors (Lipinski definition) is 0. The summed E-state index contributed by atoms with van der Waals surface area (Å²) in [4.78, 5) is 33.4. The van der Waals surface area contributed by atoms with E-state index in [4.69, 9.17) is 0 Å². The first-order valence-corrected chi connectivity index (χ1v) is 13.2. The number of anilines is 1. The molecule has 6 nitrogen and oxygen atoms in total. The van der Waals surface area contributed by atoms with Gasteiger partial charge in [-0.1, -0.05) is 6.58 Å². The largest absolute Gasteiger partial charge is 0.416 e. The van der Waals surface area contributed by atoms with Crippen molar-refractivity contribution in [2.45, 2.75) is 74.7 Å². The van der Waals surface area contributed by atoms with E-state index in [0.29, 0.717) is 17.7 Å². The molecule has 0 radical (unpaired) electrons. The molecule has 12 heteroatoms. The molecule has 200 valence electrons. The van der Waals surface area contributed by atoms with Crippen LogP contribution < -0.4 is 10.6 Å². The molecule has 1 saturated heterocycles. The number of amides is 1. The molecule has 0 bridgehead atoms. The number of carbonyl (C=O) groups is 1. The van der Waals surface area contributed by atoms with Crippen molar-refractivity contribution in [2.75, 3.05) is 23.7 Å². The predicted octanol–water partition coefficient (Wildman–Crippen LogP) is 5.04. The quantitative estimate of drug-likeness (QED) is 0.402. The maximum absolute atomic E-state index is 14.4. The number of benzene rings is 1. The van der Waals surface area contributed by atoms with Crippen molar-refractivity contribution in [3.63, 3.8) is 0 Å². The minimum absolute atomic E-state index is 0.125. The number of carbonyl (C=O) groups excluding carboxylic acids is 1. The van der Waals surface area contributed by atoms with Gasteiger partial charge in [-0.05, 0) is 49.6 Å². The van der Waals surface area contributed by atoms with Gasteiger partial charge in [0.05, 0.1) is 11.1 Å². The fraction of sp³-hybridized carbons (Fsp3) is 0.560. The van der Waals surface area contributed by atoms with Gasteiger partial charge < -0.3 is 9.80 Å². The van der Waals surface area contributed by atoms with Gasteiger partial charge in [-0.3, -0.25) is 9.36 Å². The molecule has 37 heavy (non-hydrogen) atoms. The van der Waals surface area contributed by atoms with E-state index < -0.39 is 42.1 Å². The smallest absolute Gasteiger partial charge is 0.352 e. The zero-order chi connectivity index (χ0) is 26.9. The van der Waals surface area contributed by atoms with Gasteiger partial charge in [0.15, 0.2) is 0 Å². The molecule has 1 aromatic heterocycles. The Balaban J connectivity index is 1.73. The first-order valence-electron chi connectivity index (χ1n) is 12.2. The summed E-state index contributed by atoms with van der Waals surface area (Å²) in [5.74, 6) is -3.61.